The molecule has 0 bridgehead atoms. The molecule has 0 saturated heterocycles. The Morgan fingerprint density at radius 2 is 2.05 bits per heavy atom. The van der Waals surface area contributed by atoms with Gasteiger partial charge in [0.2, 0.25) is 0 Å². The molecule has 5 heteroatoms. The van der Waals surface area contributed by atoms with Crippen LogP contribution in [0, 0.1) is 13.8 Å². The first-order valence-electron chi connectivity index (χ1n) is 6.29. The maximum atomic E-state index is 6.08. The number of nitrogens with zero attached hydrogens (tertiary/aromatic N) is 1. The van der Waals surface area contributed by atoms with E-state index < -0.39 is 0 Å². The number of methoxy groups -OCH3 is 1. The van der Waals surface area contributed by atoms with E-state index in [1.54, 1.807) is 13.2 Å². The zero-order valence-electron chi connectivity index (χ0n) is 11.8. The van der Waals surface area contributed by atoms with Gasteiger partial charge in [0.25, 0.3) is 0 Å². The number of hydrazine groups is 1. The van der Waals surface area contributed by atoms with E-state index in [4.69, 9.17) is 22.2 Å². The molecule has 0 aliphatic heterocycles. The van der Waals surface area contributed by atoms with Crippen LogP contribution in [0.1, 0.15) is 28.4 Å². The zero-order valence-corrected chi connectivity index (χ0v) is 12.5. The molecular formula is C15H18ClN3O. The third kappa shape index (κ3) is 2.93. The van der Waals surface area contributed by atoms with Crippen LogP contribution >= 0.6 is 11.6 Å². The topological polar surface area (TPSA) is 60.2 Å². The minimum absolute atomic E-state index is 0.274. The Morgan fingerprint density at radius 1 is 1.30 bits per heavy atom. The molecule has 1 heterocycles. The molecule has 1 aromatic carbocycles. The van der Waals surface area contributed by atoms with E-state index in [0.29, 0.717) is 5.02 Å². The third-order valence-electron chi connectivity index (χ3n) is 3.20. The van der Waals surface area contributed by atoms with Crippen LogP contribution in [0.4, 0.5) is 0 Å². The molecule has 4 nitrogen and oxygen atoms in total. The lowest BCUT2D eigenvalue weighted by atomic mass is 9.99. The van der Waals surface area contributed by atoms with E-state index >= 15 is 0 Å². The van der Waals surface area contributed by atoms with Gasteiger partial charge in [-0.05, 0) is 43.2 Å². The van der Waals surface area contributed by atoms with Crippen LogP contribution in [0.3, 0.4) is 0 Å². The fraction of sp³-hybridized carbons (Fsp3) is 0.267. The van der Waals surface area contributed by atoms with Crippen molar-refractivity contribution in [1.82, 2.24) is 10.4 Å². The average molecular weight is 292 g/mol. The van der Waals surface area contributed by atoms with E-state index in [9.17, 15) is 0 Å². The first kappa shape index (κ1) is 14.8. The van der Waals surface area contributed by atoms with Crippen LogP contribution in [0.25, 0.3) is 0 Å². The highest BCUT2D eigenvalue weighted by molar-refractivity contribution is 6.30. The van der Waals surface area contributed by atoms with Crippen LogP contribution < -0.4 is 16.0 Å². The quantitative estimate of drug-likeness (QED) is 0.672. The number of hydrogen-bond donors (Lipinski definition) is 2. The van der Waals surface area contributed by atoms with Gasteiger partial charge in [-0.25, -0.2) is 5.43 Å². The molecule has 2 rings (SSSR count). The molecule has 2 aromatic rings. The van der Waals surface area contributed by atoms with Gasteiger partial charge in [0.05, 0.1) is 18.8 Å². The first-order valence-corrected chi connectivity index (χ1v) is 6.67. The molecular weight excluding hydrogens is 274 g/mol. The molecule has 0 saturated carbocycles. The summed E-state index contributed by atoms with van der Waals surface area (Å²) >= 11 is 6.08. The zero-order chi connectivity index (χ0) is 14.7. The first-order chi connectivity index (χ1) is 9.56. The van der Waals surface area contributed by atoms with Gasteiger partial charge in [-0.1, -0.05) is 17.7 Å². The number of pyridine rings is 1. The number of nitrogens with one attached hydrogen (secondary N) is 1. The standard InChI is InChI=1S/C15H18ClN3O/c1-9-6-10(2)14(18-8-9)15(19-17)12-7-11(16)4-5-13(12)20-3/h4-8,15,19H,17H2,1-3H3. The van der Waals surface area contributed by atoms with Gasteiger partial charge in [0.1, 0.15) is 5.75 Å². The molecule has 3 N–H and O–H groups in total. The van der Waals surface area contributed by atoms with E-state index in [-0.39, 0.29) is 6.04 Å². The Morgan fingerprint density at radius 3 is 2.65 bits per heavy atom. The number of aryl methyl sites for hydroxylation is 2. The fourth-order valence-electron chi connectivity index (χ4n) is 2.27. The molecule has 0 fully saturated rings. The number of rotatable bonds is 4. The van der Waals surface area contributed by atoms with Gasteiger partial charge < -0.3 is 4.74 Å². The largest absolute Gasteiger partial charge is 0.496 e. The Labute approximate surface area is 123 Å². The van der Waals surface area contributed by atoms with Crippen molar-refractivity contribution in [2.45, 2.75) is 19.9 Å². The van der Waals surface area contributed by atoms with Crippen LogP contribution in [0.5, 0.6) is 5.75 Å². The second-order valence-corrected chi connectivity index (χ2v) is 5.14. The highest BCUT2D eigenvalue weighted by Gasteiger charge is 2.20. The minimum Gasteiger partial charge on any atom is -0.496 e. The monoisotopic (exact) mass is 291 g/mol. The van der Waals surface area contributed by atoms with E-state index in [1.165, 1.54) is 0 Å². The fourth-order valence-corrected chi connectivity index (χ4v) is 2.46. The summed E-state index contributed by atoms with van der Waals surface area (Å²) in [6.45, 7) is 4.02. The van der Waals surface area contributed by atoms with Gasteiger partial charge in [-0.15, -0.1) is 0 Å². The molecule has 0 spiro atoms. The number of aromatic nitrogens is 1. The molecule has 106 valence electrons. The Kier molecular flexibility index (Phi) is 4.60. The Bertz CT molecular complexity index is 616. The van der Waals surface area contributed by atoms with Crippen molar-refractivity contribution >= 4 is 11.6 Å². The van der Waals surface area contributed by atoms with Gasteiger partial charge >= 0.3 is 0 Å². The summed E-state index contributed by atoms with van der Waals surface area (Å²) < 4.78 is 5.39. The SMILES string of the molecule is COc1ccc(Cl)cc1C(NN)c1ncc(C)cc1C. The normalized spacial score (nSPS) is 12.2. The summed E-state index contributed by atoms with van der Waals surface area (Å²) in [5.41, 5.74) is 6.69. The second-order valence-electron chi connectivity index (χ2n) is 4.70. The second kappa shape index (κ2) is 6.22. The summed E-state index contributed by atoms with van der Waals surface area (Å²) in [7, 11) is 1.62. The predicted octanol–water partition coefficient (Wildman–Crippen LogP) is 2.91. The van der Waals surface area contributed by atoms with Crippen molar-refractivity contribution in [3.63, 3.8) is 0 Å². The molecule has 1 aromatic heterocycles. The van der Waals surface area contributed by atoms with Crippen LogP contribution in [0.15, 0.2) is 30.5 Å². The number of benzene rings is 1. The van der Waals surface area contributed by atoms with Gasteiger partial charge in [-0.2, -0.15) is 0 Å². The summed E-state index contributed by atoms with van der Waals surface area (Å²) in [4.78, 5) is 4.49. The number of ether oxygens (including phenoxy) is 1. The highest BCUT2D eigenvalue weighted by Crippen LogP contribution is 2.32. The van der Waals surface area contributed by atoms with Crippen LogP contribution in [-0.2, 0) is 0 Å². The number of nitrogens with two attached hydrogens (primary N) is 1. The van der Waals surface area contributed by atoms with Crippen molar-refractivity contribution in [3.8, 4) is 5.75 Å². The summed E-state index contributed by atoms with van der Waals surface area (Å²) in [5.74, 6) is 6.45. The third-order valence-corrected chi connectivity index (χ3v) is 3.43. The van der Waals surface area contributed by atoms with Crippen molar-refractivity contribution < 1.29 is 4.74 Å². The van der Waals surface area contributed by atoms with Crippen LogP contribution in [0.2, 0.25) is 5.02 Å². The summed E-state index contributed by atoms with van der Waals surface area (Å²) in [5, 5.41) is 0.630. The molecule has 20 heavy (non-hydrogen) atoms. The van der Waals surface area contributed by atoms with Gasteiger partial charge in [0.15, 0.2) is 0 Å². The average Bonchev–Trinajstić information content (AvgIpc) is 2.42. The predicted molar refractivity (Wildman–Crippen MR) is 80.9 cm³/mol. The number of hydrogen-bond acceptors (Lipinski definition) is 4. The van der Waals surface area contributed by atoms with E-state index in [0.717, 1.165) is 28.1 Å². The minimum atomic E-state index is -0.274. The van der Waals surface area contributed by atoms with E-state index in [1.807, 2.05) is 32.2 Å². The Balaban J connectivity index is 2.54. The molecule has 0 aliphatic carbocycles. The van der Waals surface area contributed by atoms with Crippen LogP contribution in [-0.4, -0.2) is 12.1 Å². The lowest BCUT2D eigenvalue weighted by Gasteiger charge is -2.20. The molecule has 0 aliphatic rings. The lowest BCUT2D eigenvalue weighted by molar-refractivity contribution is 0.403. The maximum Gasteiger partial charge on any atom is 0.124 e. The molecule has 1 unspecified atom stereocenters. The maximum absolute atomic E-state index is 6.08. The van der Waals surface area contributed by atoms with Crippen molar-refractivity contribution in [3.05, 3.63) is 57.9 Å². The smallest absolute Gasteiger partial charge is 0.124 e. The van der Waals surface area contributed by atoms with Gasteiger partial charge in [-0.3, -0.25) is 10.8 Å². The molecule has 0 radical (unpaired) electrons. The Hall–Kier alpha value is -1.62. The molecule has 1 atom stereocenters. The highest BCUT2D eigenvalue weighted by atomic mass is 35.5. The van der Waals surface area contributed by atoms with Crippen molar-refractivity contribution in [1.29, 1.82) is 0 Å². The summed E-state index contributed by atoms with van der Waals surface area (Å²) in [6, 6.07) is 7.25. The summed E-state index contributed by atoms with van der Waals surface area (Å²) in [6.07, 6.45) is 1.82. The molecule has 0 amide bonds. The van der Waals surface area contributed by atoms with E-state index in [2.05, 4.69) is 16.5 Å². The van der Waals surface area contributed by atoms with Crippen molar-refractivity contribution in [2.75, 3.05) is 7.11 Å². The number of halogens is 1. The van der Waals surface area contributed by atoms with Gasteiger partial charge in [0, 0.05) is 16.8 Å². The van der Waals surface area contributed by atoms with Crippen molar-refractivity contribution in [2.24, 2.45) is 5.84 Å². The lowest BCUT2D eigenvalue weighted by Crippen LogP contribution is -2.30.